The molecule has 2 amide bonds. The van der Waals surface area contributed by atoms with Crippen molar-refractivity contribution < 1.29 is 18.0 Å². The van der Waals surface area contributed by atoms with Gasteiger partial charge in [-0.3, -0.25) is 9.59 Å². The molecule has 1 fully saturated rings. The highest BCUT2D eigenvalue weighted by atomic mass is 32.2. The highest BCUT2D eigenvalue weighted by molar-refractivity contribution is 7.91. The third kappa shape index (κ3) is 5.04. The maximum absolute atomic E-state index is 12.5. The lowest BCUT2D eigenvalue weighted by Crippen LogP contribution is -2.44. The van der Waals surface area contributed by atoms with Crippen LogP contribution in [0.5, 0.6) is 0 Å². The van der Waals surface area contributed by atoms with Crippen molar-refractivity contribution in [1.82, 2.24) is 4.90 Å². The summed E-state index contributed by atoms with van der Waals surface area (Å²) in [6, 6.07) is 7.13. The molecule has 7 heteroatoms. The molecule has 1 N–H and O–H groups in total. The molecule has 0 radical (unpaired) electrons. The minimum absolute atomic E-state index is 0.0654. The van der Waals surface area contributed by atoms with E-state index in [2.05, 4.69) is 26.1 Å². The van der Waals surface area contributed by atoms with E-state index in [9.17, 15) is 18.0 Å². The molecule has 6 nitrogen and oxygen atoms in total. The molecule has 1 aliphatic rings. The highest BCUT2D eigenvalue weighted by Crippen LogP contribution is 2.29. The van der Waals surface area contributed by atoms with Gasteiger partial charge in [0.05, 0.1) is 11.5 Å². The zero-order chi connectivity index (χ0) is 18.8. The summed E-state index contributed by atoms with van der Waals surface area (Å²) in [6.07, 6.45) is 0.383. The number of carbonyl (C=O) groups excluding carboxylic acids is 2. The van der Waals surface area contributed by atoms with Crippen molar-refractivity contribution in [2.45, 2.75) is 45.6 Å². The van der Waals surface area contributed by atoms with E-state index >= 15 is 0 Å². The molecule has 0 aromatic heterocycles. The molecule has 2 rings (SSSR count). The first-order valence-corrected chi connectivity index (χ1v) is 10.2. The van der Waals surface area contributed by atoms with Gasteiger partial charge in [0.25, 0.3) is 0 Å². The summed E-state index contributed by atoms with van der Waals surface area (Å²) in [5, 5.41) is 2.86. The van der Waals surface area contributed by atoms with E-state index in [0.717, 1.165) is 5.56 Å². The average molecular weight is 366 g/mol. The maximum atomic E-state index is 12.5. The Bertz CT molecular complexity index is 766. The Labute approximate surface area is 149 Å². The fraction of sp³-hybridized carbons (Fsp3) is 0.556. The van der Waals surface area contributed by atoms with Crippen LogP contribution in [0, 0.1) is 0 Å². The van der Waals surface area contributed by atoms with Gasteiger partial charge in [-0.15, -0.1) is 0 Å². The van der Waals surface area contributed by atoms with E-state index in [4.69, 9.17) is 0 Å². The van der Waals surface area contributed by atoms with Crippen molar-refractivity contribution in [1.29, 1.82) is 0 Å². The molecule has 1 aliphatic heterocycles. The zero-order valence-corrected chi connectivity index (χ0v) is 16.0. The Hall–Kier alpha value is -1.89. The van der Waals surface area contributed by atoms with E-state index in [1.807, 2.05) is 24.3 Å². The van der Waals surface area contributed by atoms with Crippen molar-refractivity contribution in [2.75, 3.05) is 23.4 Å². The molecule has 25 heavy (non-hydrogen) atoms. The number of anilines is 1. The molecule has 0 spiro atoms. The standard InChI is InChI=1S/C18H26N2O4S/c1-13(21)20(14-9-10-25(23,24)12-14)11-17(22)19-16-8-6-5-7-15(16)18(2,3)4/h5-8,14H,9-12H2,1-4H3,(H,19,22). The van der Waals surface area contributed by atoms with E-state index in [1.54, 1.807) is 0 Å². The topological polar surface area (TPSA) is 83.6 Å². The largest absolute Gasteiger partial charge is 0.330 e. The zero-order valence-electron chi connectivity index (χ0n) is 15.2. The first kappa shape index (κ1) is 19.4. The van der Waals surface area contributed by atoms with Crippen LogP contribution in [0.15, 0.2) is 24.3 Å². The fourth-order valence-corrected chi connectivity index (χ4v) is 4.84. The van der Waals surface area contributed by atoms with Gasteiger partial charge in [-0.2, -0.15) is 0 Å². The second-order valence-electron chi connectivity index (χ2n) is 7.55. The number of amides is 2. The maximum Gasteiger partial charge on any atom is 0.244 e. The molecule has 1 heterocycles. The van der Waals surface area contributed by atoms with Crippen LogP contribution < -0.4 is 5.32 Å². The van der Waals surface area contributed by atoms with Gasteiger partial charge in [-0.05, 0) is 23.5 Å². The molecular formula is C18H26N2O4S. The summed E-state index contributed by atoms with van der Waals surface area (Å²) in [5.41, 5.74) is 1.58. The summed E-state index contributed by atoms with van der Waals surface area (Å²) < 4.78 is 23.3. The third-order valence-electron chi connectivity index (χ3n) is 4.38. The molecule has 0 saturated carbocycles. The number of benzene rings is 1. The predicted molar refractivity (Wildman–Crippen MR) is 98.2 cm³/mol. The monoisotopic (exact) mass is 366 g/mol. The first-order chi connectivity index (χ1) is 11.5. The average Bonchev–Trinajstić information content (AvgIpc) is 2.83. The molecule has 1 saturated heterocycles. The van der Waals surface area contributed by atoms with Crippen molar-refractivity contribution in [3.63, 3.8) is 0 Å². The second kappa shape index (κ2) is 7.15. The number of nitrogens with zero attached hydrogens (tertiary/aromatic N) is 1. The molecule has 1 aromatic carbocycles. The van der Waals surface area contributed by atoms with Crippen LogP contribution in [0.2, 0.25) is 0 Å². The molecule has 1 aromatic rings. The number of sulfone groups is 1. The smallest absolute Gasteiger partial charge is 0.244 e. The van der Waals surface area contributed by atoms with Crippen LogP contribution in [0.1, 0.15) is 39.7 Å². The summed E-state index contributed by atoms with van der Waals surface area (Å²) in [5.74, 6) is -0.619. The number of hydrogen-bond acceptors (Lipinski definition) is 4. The first-order valence-electron chi connectivity index (χ1n) is 8.36. The van der Waals surface area contributed by atoms with Gasteiger partial charge in [-0.1, -0.05) is 39.0 Å². The van der Waals surface area contributed by atoms with Crippen LogP contribution in [-0.2, 0) is 24.8 Å². The summed E-state index contributed by atoms with van der Waals surface area (Å²) in [7, 11) is -3.12. The molecule has 1 atom stereocenters. The highest BCUT2D eigenvalue weighted by Gasteiger charge is 2.34. The summed E-state index contributed by atoms with van der Waals surface area (Å²) in [6.45, 7) is 7.39. The SMILES string of the molecule is CC(=O)N(CC(=O)Nc1ccccc1C(C)(C)C)C1CCS(=O)(=O)C1. The van der Waals surface area contributed by atoms with Gasteiger partial charge in [0.1, 0.15) is 6.54 Å². The van der Waals surface area contributed by atoms with Gasteiger partial charge < -0.3 is 10.2 Å². The Balaban J connectivity index is 2.12. The van der Waals surface area contributed by atoms with Crippen LogP contribution in [0.4, 0.5) is 5.69 Å². The molecular weight excluding hydrogens is 340 g/mol. The third-order valence-corrected chi connectivity index (χ3v) is 6.13. The lowest BCUT2D eigenvalue weighted by Gasteiger charge is -2.27. The number of hydrogen-bond donors (Lipinski definition) is 1. The van der Waals surface area contributed by atoms with Crippen molar-refractivity contribution in [3.8, 4) is 0 Å². The minimum Gasteiger partial charge on any atom is -0.330 e. The predicted octanol–water partition coefficient (Wildman–Crippen LogP) is 1.96. The van der Waals surface area contributed by atoms with E-state index in [-0.39, 0.29) is 35.3 Å². The quantitative estimate of drug-likeness (QED) is 0.883. The van der Waals surface area contributed by atoms with Gasteiger partial charge in [0, 0.05) is 18.7 Å². The summed E-state index contributed by atoms with van der Waals surface area (Å²) >= 11 is 0. The molecule has 1 unspecified atom stereocenters. The Morgan fingerprint density at radius 2 is 1.88 bits per heavy atom. The second-order valence-corrected chi connectivity index (χ2v) is 9.78. The fourth-order valence-electron chi connectivity index (χ4n) is 3.11. The van der Waals surface area contributed by atoms with Crippen molar-refractivity contribution >= 4 is 27.3 Å². The lowest BCUT2D eigenvalue weighted by molar-refractivity contribution is -0.134. The normalized spacial score (nSPS) is 19.4. The van der Waals surface area contributed by atoms with Gasteiger partial charge >= 0.3 is 0 Å². The Morgan fingerprint density at radius 1 is 1.24 bits per heavy atom. The van der Waals surface area contributed by atoms with Crippen LogP contribution in [0.25, 0.3) is 0 Å². The number of carbonyl (C=O) groups is 2. The van der Waals surface area contributed by atoms with E-state index in [0.29, 0.717) is 12.1 Å². The van der Waals surface area contributed by atoms with E-state index < -0.39 is 15.9 Å². The van der Waals surface area contributed by atoms with Gasteiger partial charge in [-0.25, -0.2) is 8.42 Å². The van der Waals surface area contributed by atoms with Gasteiger partial charge in [0.2, 0.25) is 11.8 Å². The van der Waals surface area contributed by atoms with Crippen LogP contribution in [0.3, 0.4) is 0 Å². The molecule has 0 bridgehead atoms. The summed E-state index contributed by atoms with van der Waals surface area (Å²) in [4.78, 5) is 25.7. The van der Waals surface area contributed by atoms with E-state index in [1.165, 1.54) is 11.8 Å². The van der Waals surface area contributed by atoms with Crippen LogP contribution in [-0.4, -0.2) is 49.2 Å². The van der Waals surface area contributed by atoms with Gasteiger partial charge in [0.15, 0.2) is 9.84 Å². The van der Waals surface area contributed by atoms with Crippen molar-refractivity contribution in [3.05, 3.63) is 29.8 Å². The van der Waals surface area contributed by atoms with Crippen LogP contribution >= 0.6 is 0 Å². The number of para-hydroxylation sites is 1. The Morgan fingerprint density at radius 3 is 2.40 bits per heavy atom. The molecule has 0 aliphatic carbocycles. The number of nitrogens with one attached hydrogen (secondary N) is 1. The molecule has 138 valence electrons. The Kier molecular flexibility index (Phi) is 5.56. The minimum atomic E-state index is -3.12. The lowest BCUT2D eigenvalue weighted by atomic mass is 9.86. The van der Waals surface area contributed by atoms with Crippen molar-refractivity contribution in [2.24, 2.45) is 0 Å². The number of rotatable bonds is 4.